The lowest BCUT2D eigenvalue weighted by atomic mass is 9.98. The minimum Gasteiger partial charge on any atom is -0.493 e. The van der Waals surface area contributed by atoms with Gasteiger partial charge >= 0.3 is 5.97 Å². The van der Waals surface area contributed by atoms with Crippen molar-refractivity contribution in [2.45, 2.75) is 19.1 Å². The van der Waals surface area contributed by atoms with Crippen molar-refractivity contribution in [3.05, 3.63) is 136 Å². The van der Waals surface area contributed by atoms with E-state index < -0.39 is 16.1 Å². The predicted octanol–water partition coefficient (Wildman–Crippen LogP) is 6.82. The van der Waals surface area contributed by atoms with Crippen molar-refractivity contribution < 1.29 is 26.9 Å². The maximum absolute atomic E-state index is 12.2. The van der Waals surface area contributed by atoms with Gasteiger partial charge < -0.3 is 14.0 Å². The van der Waals surface area contributed by atoms with Gasteiger partial charge in [-0.05, 0) is 59.2 Å². The van der Waals surface area contributed by atoms with Crippen LogP contribution in [-0.4, -0.2) is 38.9 Å². The van der Waals surface area contributed by atoms with E-state index in [1.807, 2.05) is 54.6 Å². The molecular formula is C33H30ClNO6S. The molecule has 5 rings (SSSR count). The van der Waals surface area contributed by atoms with E-state index in [9.17, 15) is 13.2 Å². The van der Waals surface area contributed by atoms with E-state index >= 15 is 0 Å². The van der Waals surface area contributed by atoms with Gasteiger partial charge in [0.1, 0.15) is 12.4 Å². The molecule has 7 nitrogen and oxygen atoms in total. The van der Waals surface area contributed by atoms with Crippen molar-refractivity contribution in [3.8, 4) is 5.75 Å². The van der Waals surface area contributed by atoms with Crippen LogP contribution in [0.4, 0.5) is 0 Å². The molecule has 0 radical (unpaired) electrons. The van der Waals surface area contributed by atoms with Gasteiger partial charge in [0, 0.05) is 22.3 Å². The van der Waals surface area contributed by atoms with Crippen molar-refractivity contribution in [2.75, 3.05) is 20.0 Å². The van der Waals surface area contributed by atoms with Crippen LogP contribution >= 0.6 is 11.6 Å². The lowest BCUT2D eigenvalue weighted by Crippen LogP contribution is -2.17. The zero-order valence-corrected chi connectivity index (χ0v) is 24.8. The van der Waals surface area contributed by atoms with Gasteiger partial charge in [0.05, 0.1) is 37.3 Å². The van der Waals surface area contributed by atoms with Crippen LogP contribution in [0.5, 0.6) is 5.75 Å². The zero-order chi connectivity index (χ0) is 29.7. The molecule has 0 fully saturated rings. The first kappa shape index (κ1) is 29.4. The lowest BCUT2D eigenvalue weighted by Gasteiger charge is -2.24. The van der Waals surface area contributed by atoms with Gasteiger partial charge in [-0.25, -0.2) is 4.79 Å². The molecule has 5 aromatic rings. The average Bonchev–Trinajstić information content (AvgIpc) is 3.28. The van der Waals surface area contributed by atoms with Crippen molar-refractivity contribution in [3.63, 3.8) is 0 Å². The van der Waals surface area contributed by atoms with Crippen LogP contribution in [0.15, 0.2) is 103 Å². The Morgan fingerprint density at radius 3 is 2.07 bits per heavy atom. The fourth-order valence-corrected chi connectivity index (χ4v) is 5.63. The molecule has 1 heterocycles. The number of nitrogens with zero attached hydrogens (tertiary/aromatic N) is 1. The summed E-state index contributed by atoms with van der Waals surface area (Å²) in [6.07, 6.45) is 1.49. The molecular weight excluding hydrogens is 574 g/mol. The SMILES string of the molecule is COC(=O)c1ccc(OCCc2c(COS(C)(=O)=O)n(C(c3ccccc3)c3ccccc3)c3ccc(Cl)cc23)cc1. The molecule has 0 bridgehead atoms. The fourth-order valence-electron chi connectivity index (χ4n) is 5.14. The highest BCUT2D eigenvalue weighted by Crippen LogP contribution is 2.38. The maximum atomic E-state index is 12.2. The summed E-state index contributed by atoms with van der Waals surface area (Å²) in [5, 5.41) is 1.45. The van der Waals surface area contributed by atoms with Crippen LogP contribution in [0.25, 0.3) is 10.9 Å². The van der Waals surface area contributed by atoms with Gasteiger partial charge in [-0.3, -0.25) is 4.18 Å². The number of aromatic nitrogens is 1. The second-order valence-electron chi connectivity index (χ2n) is 9.76. The summed E-state index contributed by atoms with van der Waals surface area (Å²) in [5.74, 6) is 0.165. The van der Waals surface area contributed by atoms with Crippen LogP contribution < -0.4 is 4.74 Å². The first-order valence-corrected chi connectivity index (χ1v) is 15.5. The van der Waals surface area contributed by atoms with Crippen molar-refractivity contribution in [1.82, 2.24) is 4.57 Å². The van der Waals surface area contributed by atoms with E-state index in [4.69, 9.17) is 25.3 Å². The van der Waals surface area contributed by atoms with Crippen molar-refractivity contribution >= 4 is 38.6 Å². The number of methoxy groups -OCH3 is 1. The second-order valence-corrected chi connectivity index (χ2v) is 11.8. The summed E-state index contributed by atoms with van der Waals surface area (Å²) >= 11 is 6.49. The molecule has 0 aliphatic rings. The molecule has 216 valence electrons. The topological polar surface area (TPSA) is 83.8 Å². The van der Waals surface area contributed by atoms with Crippen LogP contribution in [0.3, 0.4) is 0 Å². The van der Waals surface area contributed by atoms with E-state index in [1.165, 1.54) is 7.11 Å². The maximum Gasteiger partial charge on any atom is 0.337 e. The van der Waals surface area contributed by atoms with Crippen molar-refractivity contribution in [2.24, 2.45) is 0 Å². The monoisotopic (exact) mass is 603 g/mol. The van der Waals surface area contributed by atoms with Crippen LogP contribution in [0, 0.1) is 0 Å². The lowest BCUT2D eigenvalue weighted by molar-refractivity contribution is 0.0600. The van der Waals surface area contributed by atoms with Gasteiger partial charge in [-0.15, -0.1) is 0 Å². The Bertz CT molecular complexity index is 1750. The Balaban J connectivity index is 1.61. The molecule has 0 aliphatic carbocycles. The number of esters is 1. The average molecular weight is 604 g/mol. The van der Waals surface area contributed by atoms with Gasteiger partial charge in [0.25, 0.3) is 10.1 Å². The normalized spacial score (nSPS) is 11.6. The van der Waals surface area contributed by atoms with Crippen LogP contribution in [0.2, 0.25) is 5.02 Å². The summed E-state index contributed by atoms with van der Waals surface area (Å²) in [7, 11) is -2.41. The molecule has 4 aromatic carbocycles. The second kappa shape index (κ2) is 12.8. The van der Waals surface area contributed by atoms with E-state index in [1.54, 1.807) is 24.3 Å². The van der Waals surface area contributed by atoms with E-state index in [-0.39, 0.29) is 19.3 Å². The number of ether oxygens (including phenoxy) is 2. The number of halogens is 1. The number of benzene rings is 4. The number of hydrogen-bond donors (Lipinski definition) is 0. The molecule has 0 aliphatic heterocycles. The number of hydrogen-bond acceptors (Lipinski definition) is 6. The number of fused-ring (bicyclic) bond motifs is 1. The fraction of sp³-hybridized carbons (Fsp3) is 0.182. The Hall–Kier alpha value is -4.11. The summed E-state index contributed by atoms with van der Waals surface area (Å²) in [5.41, 5.74) is 4.96. The van der Waals surface area contributed by atoms with E-state index in [0.29, 0.717) is 28.5 Å². The molecule has 0 atom stereocenters. The molecule has 0 N–H and O–H groups in total. The van der Waals surface area contributed by atoms with Gasteiger partial charge in [0.2, 0.25) is 0 Å². The van der Waals surface area contributed by atoms with Crippen LogP contribution in [0.1, 0.15) is 38.8 Å². The minimum atomic E-state index is -3.74. The molecule has 0 saturated heterocycles. The van der Waals surface area contributed by atoms with E-state index in [0.717, 1.165) is 33.8 Å². The molecule has 1 aromatic heterocycles. The highest BCUT2D eigenvalue weighted by Gasteiger charge is 2.26. The summed E-state index contributed by atoms with van der Waals surface area (Å²) < 4.78 is 42.8. The molecule has 0 unspecified atom stereocenters. The van der Waals surface area contributed by atoms with Gasteiger partial charge in [-0.2, -0.15) is 8.42 Å². The molecule has 0 amide bonds. The summed E-state index contributed by atoms with van der Waals surface area (Å²) in [6.45, 7) is 0.126. The van der Waals surface area contributed by atoms with Gasteiger partial charge in [0.15, 0.2) is 0 Å². The summed E-state index contributed by atoms with van der Waals surface area (Å²) in [4.78, 5) is 11.8. The van der Waals surface area contributed by atoms with Crippen molar-refractivity contribution in [1.29, 1.82) is 0 Å². The Kier molecular flexibility index (Phi) is 8.97. The standard InChI is InChI=1S/C33H30ClNO6S/c1-39-33(36)25-13-16-27(17-14-25)40-20-19-28-29-21-26(34)15-18-30(29)35(31(28)22-41-42(2,37)38)32(23-9-5-3-6-10-23)24-11-7-4-8-12-24/h3-18,21,32H,19-20,22H2,1-2H3. The third kappa shape index (κ3) is 6.68. The quantitative estimate of drug-likeness (QED) is 0.122. The smallest absolute Gasteiger partial charge is 0.337 e. The Morgan fingerprint density at radius 2 is 1.50 bits per heavy atom. The third-order valence-corrected chi connectivity index (χ3v) is 7.76. The number of carbonyl (C=O) groups excluding carboxylic acids is 1. The number of carbonyl (C=O) groups is 1. The zero-order valence-electron chi connectivity index (χ0n) is 23.2. The van der Waals surface area contributed by atoms with E-state index in [2.05, 4.69) is 28.8 Å². The molecule has 9 heteroatoms. The van der Waals surface area contributed by atoms with Gasteiger partial charge in [-0.1, -0.05) is 72.3 Å². The first-order valence-electron chi connectivity index (χ1n) is 13.3. The number of rotatable bonds is 11. The molecule has 0 spiro atoms. The third-order valence-electron chi connectivity index (χ3n) is 6.98. The Labute approximate surface area is 250 Å². The molecule has 42 heavy (non-hydrogen) atoms. The minimum absolute atomic E-state index is 0.162. The summed E-state index contributed by atoms with van der Waals surface area (Å²) in [6, 6.07) is 32.2. The molecule has 0 saturated carbocycles. The van der Waals surface area contributed by atoms with Crippen LogP contribution in [-0.2, 0) is 32.1 Å². The highest BCUT2D eigenvalue weighted by molar-refractivity contribution is 7.85. The predicted molar refractivity (Wildman–Crippen MR) is 164 cm³/mol. The first-order chi connectivity index (χ1) is 20.2. The largest absolute Gasteiger partial charge is 0.493 e. The Morgan fingerprint density at radius 1 is 0.881 bits per heavy atom. The highest BCUT2D eigenvalue weighted by atomic mass is 35.5.